The van der Waals surface area contributed by atoms with Crippen molar-refractivity contribution in [2.45, 2.75) is 0 Å². The van der Waals surface area contributed by atoms with E-state index in [1.165, 1.54) is 17.7 Å². The molecule has 5 aromatic rings. The van der Waals surface area contributed by atoms with Crippen LogP contribution in [0.5, 0.6) is 0 Å². The second-order valence-corrected chi connectivity index (χ2v) is 10.2. The molecular weight excluding hydrogens is 525 g/mol. The summed E-state index contributed by atoms with van der Waals surface area (Å²) in [6.07, 6.45) is 4.29. The first-order chi connectivity index (χ1) is 19.5. The number of halogens is 2. The maximum absolute atomic E-state index is 13.9. The van der Waals surface area contributed by atoms with Crippen LogP contribution in [0.15, 0.2) is 97.1 Å². The summed E-state index contributed by atoms with van der Waals surface area (Å²) in [5, 5.41) is 5.38. The summed E-state index contributed by atoms with van der Waals surface area (Å²) in [5.41, 5.74) is 5.00. The van der Waals surface area contributed by atoms with E-state index in [1.807, 2.05) is 41.3 Å². The zero-order valence-corrected chi connectivity index (χ0v) is 22.5. The Balaban J connectivity index is 1.26. The average Bonchev–Trinajstić information content (AvgIpc) is 3.42. The molecule has 0 N–H and O–H groups in total. The molecule has 1 aliphatic rings. The van der Waals surface area contributed by atoms with Gasteiger partial charge >= 0.3 is 0 Å². The molecule has 8 heteroatoms. The van der Waals surface area contributed by atoms with Crippen LogP contribution in [0, 0.1) is 5.82 Å². The Kier molecular flexibility index (Phi) is 7.40. The number of carbonyl (C=O) groups is 1. The lowest BCUT2D eigenvalue weighted by atomic mass is 10.1. The van der Waals surface area contributed by atoms with E-state index in [2.05, 4.69) is 29.2 Å². The molecule has 3 heterocycles. The molecule has 0 aliphatic carbocycles. The lowest BCUT2D eigenvalue weighted by Crippen LogP contribution is -2.49. The van der Waals surface area contributed by atoms with Gasteiger partial charge in [-0.25, -0.2) is 13.9 Å². The zero-order valence-electron chi connectivity index (χ0n) is 21.8. The minimum absolute atomic E-state index is 0.110. The first-order valence-electron chi connectivity index (χ1n) is 13.2. The van der Waals surface area contributed by atoms with Crippen LogP contribution in [-0.2, 0) is 0 Å². The molecule has 1 aliphatic heterocycles. The van der Waals surface area contributed by atoms with Gasteiger partial charge in [0.15, 0.2) is 5.65 Å². The van der Waals surface area contributed by atoms with Gasteiger partial charge in [0, 0.05) is 54.9 Å². The minimum Gasteiger partial charge on any atom is -0.335 e. The number of hydrogen-bond acceptors (Lipinski definition) is 4. The van der Waals surface area contributed by atoms with Crippen molar-refractivity contribution in [2.24, 2.45) is 0 Å². The topological polar surface area (TPSA) is 53.7 Å². The molecule has 1 fully saturated rings. The molecule has 6 nitrogen and oxygen atoms in total. The molecular formula is C32H27ClFN5O. The van der Waals surface area contributed by atoms with E-state index in [-0.39, 0.29) is 11.7 Å². The molecule has 0 bridgehead atoms. The summed E-state index contributed by atoms with van der Waals surface area (Å²) in [5.74, 6) is -0.437. The van der Waals surface area contributed by atoms with Crippen molar-refractivity contribution in [3.63, 3.8) is 0 Å². The average molecular weight is 552 g/mol. The molecule has 1 saturated heterocycles. The van der Waals surface area contributed by atoms with Gasteiger partial charge in [-0.15, -0.1) is 0 Å². The van der Waals surface area contributed by atoms with Crippen molar-refractivity contribution in [3.8, 4) is 22.5 Å². The van der Waals surface area contributed by atoms with Gasteiger partial charge in [0.2, 0.25) is 0 Å². The monoisotopic (exact) mass is 551 g/mol. The van der Waals surface area contributed by atoms with Crippen molar-refractivity contribution in [2.75, 3.05) is 32.7 Å². The highest BCUT2D eigenvalue weighted by Gasteiger charge is 2.25. The van der Waals surface area contributed by atoms with Gasteiger partial charge in [0.05, 0.1) is 11.4 Å². The largest absolute Gasteiger partial charge is 0.335 e. The SMILES string of the molecule is O=C(c1cc(-c2ccc(F)cc2)nc2cc(-c3ccc(Cl)cc3)nn12)N1CCN(C/C=C/c2ccccc2)CC1. The Morgan fingerprint density at radius 3 is 2.25 bits per heavy atom. The fourth-order valence-electron chi connectivity index (χ4n) is 4.85. The molecule has 0 atom stereocenters. The highest BCUT2D eigenvalue weighted by atomic mass is 35.5. The molecule has 6 rings (SSSR count). The Morgan fingerprint density at radius 2 is 1.52 bits per heavy atom. The predicted molar refractivity (Wildman–Crippen MR) is 157 cm³/mol. The fourth-order valence-corrected chi connectivity index (χ4v) is 4.98. The van der Waals surface area contributed by atoms with Crippen LogP contribution in [0.2, 0.25) is 5.02 Å². The van der Waals surface area contributed by atoms with Crippen LogP contribution in [0.1, 0.15) is 16.1 Å². The summed E-state index contributed by atoms with van der Waals surface area (Å²) < 4.78 is 15.2. The third-order valence-electron chi connectivity index (χ3n) is 7.06. The van der Waals surface area contributed by atoms with Crippen LogP contribution in [0.4, 0.5) is 4.39 Å². The van der Waals surface area contributed by atoms with Gasteiger partial charge in [-0.2, -0.15) is 5.10 Å². The Bertz CT molecular complexity index is 1660. The summed E-state index contributed by atoms with van der Waals surface area (Å²) >= 11 is 6.07. The van der Waals surface area contributed by atoms with E-state index in [4.69, 9.17) is 21.7 Å². The smallest absolute Gasteiger partial charge is 0.272 e. The second-order valence-electron chi connectivity index (χ2n) is 9.75. The molecule has 0 saturated carbocycles. The third kappa shape index (κ3) is 5.66. The molecule has 0 unspecified atom stereocenters. The molecule has 1 amide bonds. The van der Waals surface area contributed by atoms with Crippen LogP contribution < -0.4 is 0 Å². The number of aromatic nitrogens is 3. The van der Waals surface area contributed by atoms with Crippen molar-refractivity contribution in [1.82, 2.24) is 24.4 Å². The number of piperazine rings is 1. The van der Waals surface area contributed by atoms with E-state index in [1.54, 1.807) is 34.8 Å². The van der Waals surface area contributed by atoms with Crippen LogP contribution in [-0.4, -0.2) is 63.0 Å². The number of benzene rings is 3. The van der Waals surface area contributed by atoms with E-state index >= 15 is 0 Å². The Hall–Kier alpha value is -4.33. The number of fused-ring (bicyclic) bond motifs is 1. The van der Waals surface area contributed by atoms with Crippen LogP contribution >= 0.6 is 11.6 Å². The number of carbonyl (C=O) groups excluding carboxylic acids is 1. The first kappa shape index (κ1) is 25.9. The summed E-state index contributed by atoms with van der Waals surface area (Å²) in [6, 6.07) is 27.3. The molecule has 2 aromatic heterocycles. The highest BCUT2D eigenvalue weighted by Crippen LogP contribution is 2.26. The molecule has 200 valence electrons. The standard InChI is InChI=1S/C32H27ClFN5O/c33-26-12-8-25(9-13-26)29-22-31-35-28(24-10-14-27(34)15-11-24)21-30(39(31)36-29)32(40)38-19-17-37(18-20-38)16-4-7-23-5-2-1-3-6-23/h1-15,21-22H,16-20H2/b7-4+. The Labute approximate surface area is 237 Å². The summed E-state index contributed by atoms with van der Waals surface area (Å²) in [7, 11) is 0. The zero-order chi connectivity index (χ0) is 27.5. The van der Waals surface area contributed by atoms with Gasteiger partial charge in [0.25, 0.3) is 5.91 Å². The minimum atomic E-state index is -0.327. The van der Waals surface area contributed by atoms with Gasteiger partial charge < -0.3 is 4.90 Å². The number of amides is 1. The first-order valence-corrected chi connectivity index (χ1v) is 13.6. The van der Waals surface area contributed by atoms with Gasteiger partial charge in [-0.3, -0.25) is 9.69 Å². The molecule has 3 aromatic carbocycles. The van der Waals surface area contributed by atoms with Crippen molar-refractivity contribution < 1.29 is 9.18 Å². The quantitative estimate of drug-likeness (QED) is 0.247. The van der Waals surface area contributed by atoms with E-state index in [9.17, 15) is 9.18 Å². The molecule has 0 radical (unpaired) electrons. The van der Waals surface area contributed by atoms with E-state index in [0.29, 0.717) is 40.8 Å². The van der Waals surface area contributed by atoms with Crippen molar-refractivity contribution in [1.29, 1.82) is 0 Å². The highest BCUT2D eigenvalue weighted by molar-refractivity contribution is 6.30. The van der Waals surface area contributed by atoms with Crippen LogP contribution in [0.25, 0.3) is 34.2 Å². The van der Waals surface area contributed by atoms with Crippen molar-refractivity contribution >= 4 is 29.2 Å². The maximum Gasteiger partial charge on any atom is 0.272 e. The van der Waals surface area contributed by atoms with Gasteiger partial charge in [0.1, 0.15) is 11.5 Å². The maximum atomic E-state index is 13.9. The lowest BCUT2D eigenvalue weighted by Gasteiger charge is -2.34. The fraction of sp³-hybridized carbons (Fsp3) is 0.156. The number of hydrogen-bond donors (Lipinski definition) is 0. The van der Waals surface area contributed by atoms with Crippen molar-refractivity contribution in [3.05, 3.63) is 119 Å². The number of rotatable bonds is 6. The lowest BCUT2D eigenvalue weighted by molar-refractivity contribution is 0.0641. The molecule has 40 heavy (non-hydrogen) atoms. The third-order valence-corrected chi connectivity index (χ3v) is 7.31. The van der Waals surface area contributed by atoms with Gasteiger partial charge in [-0.1, -0.05) is 66.2 Å². The second kappa shape index (κ2) is 11.4. The Morgan fingerprint density at radius 1 is 0.850 bits per heavy atom. The van der Waals surface area contributed by atoms with Crippen LogP contribution in [0.3, 0.4) is 0 Å². The van der Waals surface area contributed by atoms with Gasteiger partial charge in [-0.05, 0) is 48.0 Å². The summed E-state index contributed by atoms with van der Waals surface area (Å²) in [6.45, 7) is 3.60. The normalized spacial score (nSPS) is 14.3. The molecule has 0 spiro atoms. The van der Waals surface area contributed by atoms with E-state index < -0.39 is 0 Å². The number of nitrogens with zero attached hydrogens (tertiary/aromatic N) is 5. The summed E-state index contributed by atoms with van der Waals surface area (Å²) in [4.78, 5) is 22.8. The predicted octanol–water partition coefficient (Wildman–Crippen LogP) is 6.33. The van der Waals surface area contributed by atoms with E-state index in [0.717, 1.165) is 30.8 Å².